The lowest BCUT2D eigenvalue weighted by molar-refractivity contribution is -0.138. The van der Waals surface area contributed by atoms with Crippen LogP contribution in [0, 0.1) is 13.5 Å². The standard InChI is InChI=1S/C24H21NO6S2/c1-5-6-12-30-23(28)18(25-3)24-32-19-14(2)10-11-17(20(19)33-24)31-22(27)16-9-7-8-15(13-16)21(26)29-4/h7-11,13H,5-6,12H2,1-2,4H3/b24-18+. The number of carbonyl (C=O) groups excluding carboxylic acids is 3. The fraction of sp³-hybridized carbons (Fsp3) is 0.250. The molecular formula is C24H21NO6S2. The van der Waals surface area contributed by atoms with Crippen LogP contribution in [0.25, 0.3) is 4.85 Å². The summed E-state index contributed by atoms with van der Waals surface area (Å²) in [5, 5.41) is 0. The number of rotatable bonds is 7. The second kappa shape index (κ2) is 11.1. The predicted molar refractivity (Wildman–Crippen MR) is 125 cm³/mol. The second-order valence-corrected chi connectivity index (χ2v) is 9.24. The first kappa shape index (κ1) is 24.4. The van der Waals surface area contributed by atoms with Crippen molar-refractivity contribution in [3.05, 3.63) is 74.4 Å². The van der Waals surface area contributed by atoms with Gasteiger partial charge in [-0.3, -0.25) is 4.79 Å². The number of aryl methyl sites for hydroxylation is 1. The van der Waals surface area contributed by atoms with Crippen molar-refractivity contribution in [3.63, 3.8) is 0 Å². The molecule has 0 fully saturated rings. The summed E-state index contributed by atoms with van der Waals surface area (Å²) in [5.74, 6) is -1.54. The van der Waals surface area contributed by atoms with Crippen LogP contribution in [-0.4, -0.2) is 31.6 Å². The van der Waals surface area contributed by atoms with Crippen molar-refractivity contribution in [2.45, 2.75) is 36.5 Å². The molecule has 0 aliphatic carbocycles. The minimum Gasteiger partial charge on any atom is -0.471 e. The number of carbonyl (C=O) groups is 3. The van der Waals surface area contributed by atoms with Gasteiger partial charge < -0.3 is 14.2 Å². The van der Waals surface area contributed by atoms with Crippen molar-refractivity contribution in [1.82, 2.24) is 0 Å². The fourth-order valence-corrected chi connectivity index (χ4v) is 5.48. The summed E-state index contributed by atoms with van der Waals surface area (Å²) in [6.07, 6.45) is 1.60. The Kier molecular flexibility index (Phi) is 8.20. The van der Waals surface area contributed by atoms with E-state index in [0.29, 0.717) is 14.9 Å². The highest BCUT2D eigenvalue weighted by Crippen LogP contribution is 2.57. The lowest BCUT2D eigenvalue weighted by Gasteiger charge is -2.10. The minimum absolute atomic E-state index is 0.0836. The summed E-state index contributed by atoms with van der Waals surface area (Å²) < 4.78 is 16.0. The van der Waals surface area contributed by atoms with E-state index in [-0.39, 0.29) is 23.4 Å². The molecule has 0 aromatic heterocycles. The second-order valence-electron chi connectivity index (χ2n) is 6.94. The maximum atomic E-state index is 12.8. The molecular weight excluding hydrogens is 462 g/mol. The zero-order valence-electron chi connectivity index (χ0n) is 18.3. The SMILES string of the molecule is [C-]#[N+]/C(C(=O)OCCCC)=C1\Sc2c(C)ccc(OC(=O)c3cccc(C(=O)OC)c3)c2S1. The quantitative estimate of drug-likeness (QED) is 0.165. The van der Waals surface area contributed by atoms with Crippen molar-refractivity contribution < 1.29 is 28.6 Å². The van der Waals surface area contributed by atoms with Crippen LogP contribution < -0.4 is 4.74 Å². The highest BCUT2D eigenvalue weighted by Gasteiger charge is 2.30. The van der Waals surface area contributed by atoms with Crippen molar-refractivity contribution >= 4 is 41.4 Å². The van der Waals surface area contributed by atoms with Crippen molar-refractivity contribution in [2.75, 3.05) is 13.7 Å². The van der Waals surface area contributed by atoms with E-state index >= 15 is 0 Å². The van der Waals surface area contributed by atoms with Crippen LogP contribution >= 0.6 is 23.5 Å². The van der Waals surface area contributed by atoms with Crippen molar-refractivity contribution in [3.8, 4) is 5.75 Å². The van der Waals surface area contributed by atoms with E-state index in [2.05, 4.69) is 4.85 Å². The van der Waals surface area contributed by atoms with Crippen LogP contribution in [-0.2, 0) is 14.3 Å². The summed E-state index contributed by atoms with van der Waals surface area (Å²) >= 11 is 2.49. The number of ether oxygens (including phenoxy) is 3. The number of methoxy groups -OCH3 is 1. The molecule has 3 rings (SSSR count). The van der Waals surface area contributed by atoms with E-state index < -0.39 is 17.9 Å². The number of hydrogen-bond acceptors (Lipinski definition) is 8. The van der Waals surface area contributed by atoms with Gasteiger partial charge in [-0.1, -0.05) is 49.0 Å². The molecule has 2 aromatic carbocycles. The van der Waals surface area contributed by atoms with Crippen LogP contribution in [0.15, 0.2) is 56.1 Å². The number of fused-ring (bicyclic) bond motifs is 1. The first-order valence-electron chi connectivity index (χ1n) is 10.1. The van der Waals surface area contributed by atoms with Crippen LogP contribution in [0.4, 0.5) is 0 Å². The van der Waals surface area contributed by atoms with Gasteiger partial charge in [-0.05, 0) is 43.2 Å². The number of benzene rings is 2. The highest BCUT2D eigenvalue weighted by atomic mass is 32.2. The van der Waals surface area contributed by atoms with Gasteiger partial charge in [-0.2, -0.15) is 0 Å². The third-order valence-electron chi connectivity index (χ3n) is 4.61. The molecule has 0 atom stereocenters. The number of unbranched alkanes of at least 4 members (excludes halogenated alkanes) is 1. The number of esters is 3. The molecule has 1 aliphatic rings. The molecule has 0 saturated carbocycles. The van der Waals surface area contributed by atoms with E-state index in [0.717, 1.165) is 23.3 Å². The molecule has 1 heterocycles. The van der Waals surface area contributed by atoms with E-state index in [4.69, 9.17) is 20.8 Å². The number of thioether (sulfide) groups is 2. The Hall–Kier alpha value is -3.22. The third-order valence-corrected chi connectivity index (χ3v) is 7.34. The van der Waals surface area contributed by atoms with Crippen molar-refractivity contribution in [2.24, 2.45) is 0 Å². The Morgan fingerprint density at radius 3 is 2.39 bits per heavy atom. The molecule has 9 heteroatoms. The highest BCUT2D eigenvalue weighted by molar-refractivity contribution is 8.24. The zero-order chi connectivity index (χ0) is 24.0. The molecule has 7 nitrogen and oxygen atoms in total. The van der Waals surface area contributed by atoms with Crippen LogP contribution in [0.1, 0.15) is 46.0 Å². The van der Waals surface area contributed by atoms with Gasteiger partial charge in [-0.15, -0.1) is 0 Å². The molecule has 1 aliphatic heterocycles. The molecule has 0 saturated heterocycles. The maximum absolute atomic E-state index is 12.8. The van der Waals surface area contributed by atoms with Crippen LogP contribution in [0.3, 0.4) is 0 Å². The van der Waals surface area contributed by atoms with E-state index in [1.807, 2.05) is 13.8 Å². The summed E-state index contributed by atoms with van der Waals surface area (Å²) in [7, 11) is 1.26. The lowest BCUT2D eigenvalue weighted by atomic mass is 10.1. The van der Waals surface area contributed by atoms with Gasteiger partial charge in [0.1, 0.15) is 5.75 Å². The third kappa shape index (κ3) is 5.59. The molecule has 170 valence electrons. The minimum atomic E-state index is -0.655. The molecule has 0 radical (unpaired) electrons. The molecule has 0 amide bonds. The normalized spacial score (nSPS) is 13.5. The number of hydrogen-bond donors (Lipinski definition) is 0. The van der Waals surface area contributed by atoms with Crippen LogP contribution in [0.5, 0.6) is 5.75 Å². The van der Waals surface area contributed by atoms with Crippen molar-refractivity contribution in [1.29, 1.82) is 0 Å². The average molecular weight is 484 g/mol. The molecule has 2 aromatic rings. The van der Waals surface area contributed by atoms with E-state index in [1.165, 1.54) is 36.7 Å². The monoisotopic (exact) mass is 483 g/mol. The topological polar surface area (TPSA) is 83.3 Å². The van der Waals surface area contributed by atoms with E-state index in [1.54, 1.807) is 30.3 Å². The Morgan fingerprint density at radius 2 is 1.73 bits per heavy atom. The van der Waals surface area contributed by atoms with Gasteiger partial charge in [0, 0.05) is 4.90 Å². The van der Waals surface area contributed by atoms with Gasteiger partial charge in [0.15, 0.2) is 0 Å². The predicted octanol–water partition coefficient (Wildman–Crippen LogP) is 5.63. The molecule has 0 unspecified atom stereocenters. The molecule has 33 heavy (non-hydrogen) atoms. The Balaban J connectivity index is 1.86. The average Bonchev–Trinajstić information content (AvgIpc) is 3.27. The molecule has 0 N–H and O–H groups in total. The van der Waals surface area contributed by atoms with Gasteiger partial charge in [-0.25, -0.2) is 14.4 Å². The van der Waals surface area contributed by atoms with Gasteiger partial charge in [0.25, 0.3) is 5.70 Å². The molecule has 0 spiro atoms. The van der Waals surface area contributed by atoms with E-state index in [9.17, 15) is 14.4 Å². The fourth-order valence-electron chi connectivity index (χ4n) is 2.85. The maximum Gasteiger partial charge on any atom is 0.343 e. The lowest BCUT2D eigenvalue weighted by Crippen LogP contribution is -2.11. The van der Waals surface area contributed by atoms with Gasteiger partial charge >= 0.3 is 17.9 Å². The number of nitrogens with zero attached hydrogens (tertiary/aromatic N) is 1. The molecule has 0 bridgehead atoms. The van der Waals surface area contributed by atoms with Gasteiger partial charge in [0.2, 0.25) is 0 Å². The Bertz CT molecular complexity index is 1180. The first-order chi connectivity index (χ1) is 15.9. The first-order valence-corrected chi connectivity index (χ1v) is 11.7. The summed E-state index contributed by atoms with van der Waals surface area (Å²) in [4.78, 5) is 41.8. The Morgan fingerprint density at radius 1 is 1.03 bits per heavy atom. The Labute approximate surface area is 200 Å². The zero-order valence-corrected chi connectivity index (χ0v) is 19.9. The van der Waals surface area contributed by atoms with Crippen LogP contribution in [0.2, 0.25) is 0 Å². The summed E-state index contributed by atoms with van der Waals surface area (Å²) in [5.41, 5.74) is 1.27. The summed E-state index contributed by atoms with van der Waals surface area (Å²) in [6.45, 7) is 11.6. The van der Waals surface area contributed by atoms with Gasteiger partial charge in [0.05, 0.1) is 40.5 Å². The largest absolute Gasteiger partial charge is 0.471 e. The summed E-state index contributed by atoms with van der Waals surface area (Å²) in [6, 6.07) is 9.53. The smallest absolute Gasteiger partial charge is 0.343 e.